The fourth-order valence-electron chi connectivity index (χ4n) is 1.43. The number of azide groups is 1. The first-order chi connectivity index (χ1) is 7.72. The molecule has 0 aliphatic carbocycles. The van der Waals surface area contributed by atoms with Crippen LogP contribution < -0.4 is 5.56 Å². The smallest absolute Gasteiger partial charge is 0.258 e. The number of aromatic amines is 1. The number of para-hydroxylation sites is 1. The van der Waals surface area contributed by atoms with Gasteiger partial charge in [-0.05, 0) is 24.6 Å². The minimum Gasteiger partial charge on any atom is -0.310 e. The number of H-pyrrole nitrogens is 1. The van der Waals surface area contributed by atoms with Crippen LogP contribution in [0, 0.1) is 0 Å². The number of aromatic nitrogens is 2. The molecule has 1 heterocycles. The number of hydrogen-bond acceptors (Lipinski definition) is 3. The average Bonchev–Trinajstić information content (AvgIpc) is 2.29. The van der Waals surface area contributed by atoms with Gasteiger partial charge in [0.15, 0.2) is 0 Å². The van der Waals surface area contributed by atoms with Crippen LogP contribution in [0.1, 0.15) is 18.8 Å². The molecule has 0 amide bonds. The minimum atomic E-state index is -0.484. The number of benzene rings is 1. The van der Waals surface area contributed by atoms with Crippen molar-refractivity contribution in [3.63, 3.8) is 0 Å². The van der Waals surface area contributed by atoms with E-state index >= 15 is 0 Å². The molecule has 16 heavy (non-hydrogen) atoms. The van der Waals surface area contributed by atoms with E-state index in [4.69, 9.17) is 5.53 Å². The summed E-state index contributed by atoms with van der Waals surface area (Å²) in [5.41, 5.74) is 8.70. The van der Waals surface area contributed by atoms with Crippen molar-refractivity contribution in [3.05, 3.63) is 50.9 Å². The minimum absolute atomic E-state index is 0.222. The lowest BCUT2D eigenvalue weighted by Gasteiger charge is -2.04. The Kier molecular flexibility index (Phi) is 2.57. The number of nitrogens with one attached hydrogen (secondary N) is 1. The van der Waals surface area contributed by atoms with Crippen LogP contribution in [0.25, 0.3) is 21.3 Å². The van der Waals surface area contributed by atoms with E-state index in [9.17, 15) is 4.79 Å². The Labute approximate surface area is 90.6 Å². The fourth-order valence-corrected chi connectivity index (χ4v) is 1.43. The Balaban J connectivity index is 2.67. The van der Waals surface area contributed by atoms with Gasteiger partial charge < -0.3 is 4.98 Å². The molecule has 1 aromatic heterocycles. The van der Waals surface area contributed by atoms with Crippen molar-refractivity contribution in [3.8, 4) is 0 Å². The van der Waals surface area contributed by atoms with Crippen molar-refractivity contribution in [1.29, 1.82) is 0 Å². The maximum atomic E-state index is 11.7. The summed E-state index contributed by atoms with van der Waals surface area (Å²) in [6.07, 6.45) is 0. The van der Waals surface area contributed by atoms with Gasteiger partial charge in [0.05, 0.1) is 16.9 Å². The molecule has 1 atom stereocenters. The molecular formula is C10H9N5O. The molecule has 0 spiro atoms. The summed E-state index contributed by atoms with van der Waals surface area (Å²) in [7, 11) is 0. The van der Waals surface area contributed by atoms with Gasteiger partial charge in [-0.25, -0.2) is 4.98 Å². The molecule has 0 aliphatic rings. The van der Waals surface area contributed by atoms with Crippen LogP contribution in [0.4, 0.5) is 0 Å². The van der Waals surface area contributed by atoms with E-state index in [2.05, 4.69) is 20.0 Å². The van der Waals surface area contributed by atoms with E-state index in [-0.39, 0.29) is 5.56 Å². The highest BCUT2D eigenvalue weighted by Crippen LogP contribution is 2.13. The van der Waals surface area contributed by atoms with Gasteiger partial charge in [-0.1, -0.05) is 17.2 Å². The molecule has 0 radical (unpaired) electrons. The molecule has 1 N–H and O–H groups in total. The summed E-state index contributed by atoms with van der Waals surface area (Å²) in [4.78, 5) is 21.2. The zero-order valence-electron chi connectivity index (χ0n) is 8.58. The molecule has 2 rings (SSSR count). The first-order valence-corrected chi connectivity index (χ1v) is 4.75. The van der Waals surface area contributed by atoms with E-state index in [0.717, 1.165) is 0 Å². The molecule has 6 nitrogen and oxygen atoms in total. The van der Waals surface area contributed by atoms with E-state index < -0.39 is 6.04 Å². The number of fused-ring (bicyclic) bond motifs is 1. The number of nitrogens with zero attached hydrogens (tertiary/aromatic N) is 4. The van der Waals surface area contributed by atoms with Crippen molar-refractivity contribution in [1.82, 2.24) is 9.97 Å². The van der Waals surface area contributed by atoms with Crippen molar-refractivity contribution >= 4 is 10.9 Å². The third-order valence-electron chi connectivity index (χ3n) is 2.25. The molecule has 0 saturated carbocycles. The van der Waals surface area contributed by atoms with Gasteiger partial charge in [0, 0.05) is 4.91 Å². The molecule has 0 unspecified atom stereocenters. The van der Waals surface area contributed by atoms with Gasteiger partial charge in [0.1, 0.15) is 5.82 Å². The van der Waals surface area contributed by atoms with Crippen molar-refractivity contribution in [2.45, 2.75) is 13.0 Å². The van der Waals surface area contributed by atoms with Crippen LogP contribution in [0.5, 0.6) is 0 Å². The average molecular weight is 215 g/mol. The Morgan fingerprint density at radius 3 is 3.00 bits per heavy atom. The Morgan fingerprint density at radius 1 is 1.50 bits per heavy atom. The normalized spacial score (nSPS) is 12.1. The predicted molar refractivity (Wildman–Crippen MR) is 59.9 cm³/mol. The molecule has 0 bridgehead atoms. The first-order valence-electron chi connectivity index (χ1n) is 4.75. The van der Waals surface area contributed by atoms with E-state index in [1.807, 2.05) is 0 Å². The summed E-state index contributed by atoms with van der Waals surface area (Å²) in [6, 6.07) is 6.54. The third-order valence-corrected chi connectivity index (χ3v) is 2.25. The van der Waals surface area contributed by atoms with Gasteiger partial charge >= 0.3 is 0 Å². The molecule has 0 fully saturated rings. The Bertz CT molecular complexity index is 626. The van der Waals surface area contributed by atoms with Gasteiger partial charge in [-0.3, -0.25) is 4.79 Å². The van der Waals surface area contributed by atoms with Crippen LogP contribution in [0.3, 0.4) is 0 Å². The summed E-state index contributed by atoms with van der Waals surface area (Å²) in [5.74, 6) is 0.376. The predicted octanol–water partition coefficient (Wildman–Crippen LogP) is 2.29. The largest absolute Gasteiger partial charge is 0.310 e. The van der Waals surface area contributed by atoms with Gasteiger partial charge in [0.25, 0.3) is 5.56 Å². The highest BCUT2D eigenvalue weighted by Gasteiger charge is 2.08. The topological polar surface area (TPSA) is 94.5 Å². The second-order valence-electron chi connectivity index (χ2n) is 3.35. The lowest BCUT2D eigenvalue weighted by atomic mass is 10.2. The zero-order valence-corrected chi connectivity index (χ0v) is 8.58. The molecule has 0 aliphatic heterocycles. The molecule has 0 saturated heterocycles. The first kappa shape index (κ1) is 10.2. The van der Waals surface area contributed by atoms with Crippen LogP contribution >= 0.6 is 0 Å². The third kappa shape index (κ3) is 1.74. The lowest BCUT2D eigenvalue weighted by Crippen LogP contribution is -2.12. The quantitative estimate of drug-likeness (QED) is 0.472. The van der Waals surface area contributed by atoms with Crippen LogP contribution in [-0.4, -0.2) is 9.97 Å². The molecular weight excluding hydrogens is 206 g/mol. The molecule has 6 heteroatoms. The number of rotatable bonds is 2. The summed E-state index contributed by atoms with van der Waals surface area (Å²) in [6.45, 7) is 1.67. The fraction of sp³-hybridized carbons (Fsp3) is 0.200. The Hall–Kier alpha value is -2.33. The molecule has 80 valence electrons. The second-order valence-corrected chi connectivity index (χ2v) is 3.35. The standard InChI is InChI=1S/C10H9N5O/c1-6(14-15-11)9-12-8-5-3-2-4-7(8)10(16)13-9/h2-6H,1H3,(H,12,13,16)/t6-/m0/s1. The zero-order chi connectivity index (χ0) is 11.5. The highest BCUT2D eigenvalue weighted by atomic mass is 16.1. The van der Waals surface area contributed by atoms with Crippen molar-refractivity contribution in [2.24, 2.45) is 5.11 Å². The van der Waals surface area contributed by atoms with E-state index in [0.29, 0.717) is 16.7 Å². The van der Waals surface area contributed by atoms with Crippen LogP contribution in [-0.2, 0) is 0 Å². The van der Waals surface area contributed by atoms with Crippen molar-refractivity contribution < 1.29 is 0 Å². The van der Waals surface area contributed by atoms with Crippen molar-refractivity contribution in [2.75, 3.05) is 0 Å². The van der Waals surface area contributed by atoms with Gasteiger partial charge in [-0.2, -0.15) is 0 Å². The summed E-state index contributed by atoms with van der Waals surface area (Å²) in [5, 5.41) is 4.02. The van der Waals surface area contributed by atoms with E-state index in [1.54, 1.807) is 31.2 Å². The maximum absolute atomic E-state index is 11.7. The monoisotopic (exact) mass is 215 g/mol. The van der Waals surface area contributed by atoms with Crippen LogP contribution in [0.15, 0.2) is 34.2 Å². The summed E-state index contributed by atoms with van der Waals surface area (Å²) >= 11 is 0. The molecule has 2 aromatic rings. The Morgan fingerprint density at radius 2 is 2.25 bits per heavy atom. The van der Waals surface area contributed by atoms with E-state index in [1.165, 1.54) is 0 Å². The van der Waals surface area contributed by atoms with Gasteiger partial charge in [0.2, 0.25) is 0 Å². The second kappa shape index (κ2) is 4.04. The highest BCUT2D eigenvalue weighted by molar-refractivity contribution is 5.77. The number of hydrogen-bond donors (Lipinski definition) is 1. The SMILES string of the molecule is C[C@H](N=[N+]=[N-])c1nc2ccccc2c(=O)[nH]1. The summed E-state index contributed by atoms with van der Waals surface area (Å²) < 4.78 is 0. The lowest BCUT2D eigenvalue weighted by molar-refractivity contribution is 0.734. The molecule has 1 aromatic carbocycles. The maximum Gasteiger partial charge on any atom is 0.258 e. The van der Waals surface area contributed by atoms with Crippen LogP contribution in [0.2, 0.25) is 0 Å². The van der Waals surface area contributed by atoms with Gasteiger partial charge in [-0.15, -0.1) is 0 Å².